The Labute approximate surface area is 657 Å². The Bertz CT molecular complexity index is 4040. The van der Waals surface area contributed by atoms with Gasteiger partial charge in [0.1, 0.15) is 11.5 Å². The van der Waals surface area contributed by atoms with Crippen molar-refractivity contribution >= 4 is 58.3 Å². The summed E-state index contributed by atoms with van der Waals surface area (Å²) in [6.07, 6.45) is 33.4. The SMILES string of the molecule is C=C(C)C(=O)OCCCCCCOc1ccc(-c2c3nc(c(-c4ccc(OCC(CC)CCCC)c(OCC(CC)CCCC)c4)c4ccc([nH]4)c(-c4ccc(OCCCCCCOC(=O)C(=C)C)cc4)c4nc(c(-c5ccc(OCC(CC)CCCC)c(OCC(CC)CCCC)c5)c5ccc2[nH]5)C=C4)C=C3)cc1. The van der Waals surface area contributed by atoms with E-state index in [1.165, 1.54) is 0 Å². The zero-order valence-corrected chi connectivity index (χ0v) is 68.0. The minimum atomic E-state index is -0.345. The van der Waals surface area contributed by atoms with Gasteiger partial charge in [0.05, 0.1) is 75.6 Å². The number of hydrogen-bond acceptors (Lipinski definition) is 12. The van der Waals surface area contributed by atoms with E-state index in [1.807, 2.05) is 0 Å². The highest BCUT2D eigenvalue weighted by molar-refractivity contribution is 6.00. The van der Waals surface area contributed by atoms with E-state index in [1.54, 1.807) is 13.8 Å². The minimum Gasteiger partial charge on any atom is -0.494 e. The first-order valence-electron chi connectivity index (χ1n) is 41.8. The number of aromatic nitrogens is 4. The number of fused-ring (bicyclic) bond motifs is 8. The van der Waals surface area contributed by atoms with Gasteiger partial charge in [-0.15, -0.1) is 0 Å². The van der Waals surface area contributed by atoms with Gasteiger partial charge in [-0.2, -0.15) is 0 Å². The molecule has 0 saturated heterocycles. The lowest BCUT2D eigenvalue weighted by Gasteiger charge is -2.21. The van der Waals surface area contributed by atoms with Gasteiger partial charge in [-0.1, -0.05) is 182 Å². The number of nitrogens with one attached hydrogen (secondary N) is 2. The fraction of sp³-hybridized carbons (Fsp3) is 0.479. The van der Waals surface area contributed by atoms with Gasteiger partial charge in [-0.25, -0.2) is 19.6 Å². The Kier molecular flexibility index (Phi) is 34.8. The van der Waals surface area contributed by atoms with Crippen LogP contribution >= 0.6 is 0 Å². The van der Waals surface area contributed by atoms with Crippen LogP contribution in [0.2, 0.25) is 0 Å². The molecule has 4 atom stereocenters. The Balaban J connectivity index is 1.24. The number of unbranched alkanes of at least 4 members (excludes halogenated alkanes) is 10. The van der Waals surface area contributed by atoms with Crippen molar-refractivity contribution in [3.05, 3.63) is 156 Å². The van der Waals surface area contributed by atoms with Crippen LogP contribution in [0, 0.1) is 23.7 Å². The number of carbonyl (C=O) groups is 2. The summed E-state index contributed by atoms with van der Waals surface area (Å²) in [6.45, 7) is 33.1. The highest BCUT2D eigenvalue weighted by Gasteiger charge is 2.24. The number of benzene rings is 4. The van der Waals surface area contributed by atoms with Gasteiger partial charge >= 0.3 is 11.9 Å². The molecule has 4 aromatic carbocycles. The average molecular weight is 1500 g/mol. The van der Waals surface area contributed by atoms with Crippen LogP contribution in [0.5, 0.6) is 34.5 Å². The van der Waals surface area contributed by atoms with E-state index >= 15 is 0 Å². The maximum Gasteiger partial charge on any atom is 0.333 e. The van der Waals surface area contributed by atoms with Crippen LogP contribution < -0.4 is 28.4 Å². The van der Waals surface area contributed by atoms with Crippen LogP contribution in [0.3, 0.4) is 0 Å². The number of ether oxygens (including phenoxy) is 8. The summed E-state index contributed by atoms with van der Waals surface area (Å²) in [4.78, 5) is 43.4. The molecular weight excluding hydrogens is 1370 g/mol. The predicted molar refractivity (Wildman–Crippen MR) is 455 cm³/mol. The maximum absolute atomic E-state index is 11.9. The first-order chi connectivity index (χ1) is 53.7. The summed E-state index contributed by atoms with van der Waals surface area (Å²) in [6, 6.07) is 38.3. The van der Waals surface area contributed by atoms with Crippen molar-refractivity contribution in [3.8, 4) is 79.0 Å². The molecule has 5 heterocycles. The Hall–Kier alpha value is -9.30. The lowest BCUT2D eigenvalue weighted by Crippen LogP contribution is -2.14. The highest BCUT2D eigenvalue weighted by atomic mass is 16.5. The number of aromatic amines is 2. The van der Waals surface area contributed by atoms with Crippen molar-refractivity contribution in [2.24, 2.45) is 23.7 Å². The summed E-state index contributed by atoms with van der Waals surface area (Å²) >= 11 is 0. The van der Waals surface area contributed by atoms with Gasteiger partial charge in [-0.05, 0) is 234 Å². The second-order valence-corrected chi connectivity index (χ2v) is 30.1. The van der Waals surface area contributed by atoms with Crippen LogP contribution in [0.15, 0.2) is 133 Å². The van der Waals surface area contributed by atoms with Crippen LogP contribution in [0.25, 0.3) is 90.9 Å². The lowest BCUT2D eigenvalue weighted by molar-refractivity contribution is -0.139. The van der Waals surface area contributed by atoms with Gasteiger partial charge in [0, 0.05) is 55.5 Å². The molecule has 4 unspecified atom stereocenters. The van der Waals surface area contributed by atoms with Gasteiger partial charge in [0.2, 0.25) is 0 Å². The first kappa shape index (κ1) is 84.7. The zero-order chi connectivity index (χ0) is 78.0. The number of nitrogens with zero attached hydrogens (tertiary/aromatic N) is 2. The summed E-state index contributed by atoms with van der Waals surface area (Å²) in [5, 5.41) is 0. The number of esters is 2. The second-order valence-electron chi connectivity index (χ2n) is 30.1. The van der Waals surface area contributed by atoms with Gasteiger partial charge in [0.15, 0.2) is 23.0 Å². The molecule has 2 aliphatic heterocycles. The zero-order valence-electron chi connectivity index (χ0n) is 68.0. The molecule has 0 saturated carbocycles. The minimum absolute atomic E-state index is 0.345. The van der Waals surface area contributed by atoms with E-state index in [2.05, 4.69) is 212 Å². The summed E-state index contributed by atoms with van der Waals surface area (Å²) < 4.78 is 51.3. The van der Waals surface area contributed by atoms with E-state index in [0.717, 1.165) is 278 Å². The van der Waals surface area contributed by atoms with Crippen molar-refractivity contribution < 1.29 is 47.5 Å². The van der Waals surface area contributed by atoms with E-state index < -0.39 is 0 Å². The number of H-pyrrole nitrogens is 2. The molecule has 0 radical (unpaired) electrons. The third kappa shape index (κ3) is 24.9. The topological polar surface area (TPSA) is 165 Å². The fourth-order valence-corrected chi connectivity index (χ4v) is 14.1. The molecule has 590 valence electrons. The average Bonchev–Trinajstić information content (AvgIpc) is 1.60. The molecule has 2 aliphatic rings. The van der Waals surface area contributed by atoms with Crippen molar-refractivity contribution in [1.29, 1.82) is 0 Å². The molecule has 110 heavy (non-hydrogen) atoms. The number of rotatable bonds is 50. The summed E-state index contributed by atoms with van der Waals surface area (Å²) in [5.41, 5.74) is 14.8. The molecule has 0 spiro atoms. The smallest absolute Gasteiger partial charge is 0.333 e. The molecule has 14 nitrogen and oxygen atoms in total. The van der Waals surface area contributed by atoms with E-state index in [9.17, 15) is 9.59 Å². The van der Waals surface area contributed by atoms with E-state index in [4.69, 9.17) is 47.9 Å². The Morgan fingerprint density at radius 2 is 0.618 bits per heavy atom. The monoisotopic (exact) mass is 1490 g/mol. The van der Waals surface area contributed by atoms with E-state index in [0.29, 0.717) is 87.7 Å². The molecule has 0 aliphatic carbocycles. The third-order valence-electron chi connectivity index (χ3n) is 21.4. The Morgan fingerprint density at radius 1 is 0.336 bits per heavy atom. The number of carbonyl (C=O) groups excluding carboxylic acids is 2. The number of hydrogen-bond donors (Lipinski definition) is 2. The fourth-order valence-electron chi connectivity index (χ4n) is 14.1. The van der Waals surface area contributed by atoms with E-state index in [-0.39, 0.29) is 11.9 Å². The molecular formula is C96H126N4O10. The second kappa shape index (κ2) is 45.1. The molecule has 0 amide bonds. The lowest BCUT2D eigenvalue weighted by atomic mass is 10.00. The molecule has 8 bridgehead atoms. The first-order valence-corrected chi connectivity index (χ1v) is 41.8. The van der Waals surface area contributed by atoms with Crippen LogP contribution in [0.4, 0.5) is 0 Å². The van der Waals surface area contributed by atoms with Crippen LogP contribution in [0.1, 0.15) is 246 Å². The summed E-state index contributed by atoms with van der Waals surface area (Å²) in [5.74, 6) is 5.43. The molecule has 9 rings (SSSR count). The van der Waals surface area contributed by atoms with Crippen LogP contribution in [-0.4, -0.2) is 84.7 Å². The predicted octanol–water partition coefficient (Wildman–Crippen LogP) is 25.8. The van der Waals surface area contributed by atoms with Gasteiger partial charge in [-0.3, -0.25) is 0 Å². The highest BCUT2D eigenvalue weighted by Crippen LogP contribution is 2.43. The standard InChI is InChI=1S/C96H126N4O10/c1-13-21-33-69(17-5)63-107-87-55-41-75(61-89(87)109-65-71(19-7)35-23-15-3)93-83-51-47-79(97-83)91(73-37-43-77(44-38-73)103-57-29-25-27-31-59-105-95(101)67(9)10)81-49-53-85(99-81)94(76-42-56-88(108-64-70(18-6)34-22-14-2)90(62-76)110-66-72(20-8)36-24-16-4)86-54-50-82(100-86)92(80-48-52-84(93)98-80)74-39-45-78(46-40-74)104-58-30-26-28-32-60-106-96(102)68(11)12/h37-56,61-62,69-72,97,100H,9,11,13-36,57-60,63-66H2,1-8,10,12H3. The molecule has 0 fully saturated rings. The molecule has 14 heteroatoms. The van der Waals surface area contributed by atoms with Gasteiger partial charge in [0.25, 0.3) is 0 Å². The third-order valence-corrected chi connectivity index (χ3v) is 21.4. The Morgan fingerprint density at radius 3 is 0.909 bits per heavy atom. The molecule has 2 N–H and O–H groups in total. The van der Waals surface area contributed by atoms with Crippen molar-refractivity contribution in [2.75, 3.05) is 52.9 Å². The van der Waals surface area contributed by atoms with Crippen LogP contribution in [-0.2, 0) is 19.1 Å². The molecule has 7 aromatic rings. The normalized spacial score (nSPS) is 12.8. The molecule has 3 aromatic heterocycles. The quantitative estimate of drug-likeness (QED) is 0.0211. The van der Waals surface area contributed by atoms with Crippen molar-refractivity contribution in [3.63, 3.8) is 0 Å². The van der Waals surface area contributed by atoms with Crippen molar-refractivity contribution in [1.82, 2.24) is 19.9 Å². The van der Waals surface area contributed by atoms with Gasteiger partial charge < -0.3 is 47.9 Å². The maximum atomic E-state index is 11.9. The summed E-state index contributed by atoms with van der Waals surface area (Å²) in [7, 11) is 0. The largest absolute Gasteiger partial charge is 0.494 e. The van der Waals surface area contributed by atoms with Crippen molar-refractivity contribution in [2.45, 2.75) is 223 Å².